The summed E-state index contributed by atoms with van der Waals surface area (Å²) < 4.78 is 15.3. The van der Waals surface area contributed by atoms with Crippen molar-refractivity contribution in [2.24, 2.45) is 11.8 Å². The third-order valence-corrected chi connectivity index (χ3v) is 4.71. The van der Waals surface area contributed by atoms with Gasteiger partial charge in [0.2, 0.25) is 5.91 Å². The number of nitrogens with one attached hydrogen (secondary N) is 2. The Bertz CT molecular complexity index is 603. The summed E-state index contributed by atoms with van der Waals surface area (Å²) in [4.78, 5) is 65.5. The molecule has 0 aliphatic carbocycles. The van der Waals surface area contributed by atoms with Crippen LogP contribution in [0.25, 0.3) is 0 Å². The molecule has 156 valence electrons. The van der Waals surface area contributed by atoms with Crippen molar-refractivity contribution in [3.63, 3.8) is 0 Å². The predicted octanol–water partition coefficient (Wildman–Crippen LogP) is -0.0320. The van der Waals surface area contributed by atoms with E-state index in [1.54, 1.807) is 20.9 Å². The highest BCUT2D eigenvalue weighted by Gasteiger charge is 2.29. The van der Waals surface area contributed by atoms with Crippen molar-refractivity contribution in [1.29, 1.82) is 0 Å². The van der Waals surface area contributed by atoms with E-state index < -0.39 is 44.3 Å². The van der Waals surface area contributed by atoms with Crippen LogP contribution < -0.4 is 10.6 Å². The second kappa shape index (κ2) is 11.4. The van der Waals surface area contributed by atoms with Gasteiger partial charge in [0.1, 0.15) is 11.6 Å². The minimum Gasteiger partial charge on any atom is -0.346 e. The van der Waals surface area contributed by atoms with Crippen molar-refractivity contribution < 1.29 is 38.1 Å². The highest BCUT2D eigenvalue weighted by molar-refractivity contribution is 7.46. The molecule has 0 bridgehead atoms. The predicted molar refractivity (Wildman–Crippen MR) is 96.7 cm³/mol. The van der Waals surface area contributed by atoms with Crippen molar-refractivity contribution in [3.8, 4) is 0 Å². The summed E-state index contributed by atoms with van der Waals surface area (Å²) in [6.07, 6.45) is -0.366. The van der Waals surface area contributed by atoms with Gasteiger partial charge in [0.05, 0.1) is 24.6 Å². The first kappa shape index (κ1) is 25.6. The SMILES string of the molecule is CN[C@@H](C)C(=O)C[C@@H](COP(=O)(O)O)C(=O)N[C@@H](C)C(=O)C[C@@H](C)C(C)=O. The minimum absolute atomic E-state index is 0.0455. The fourth-order valence-electron chi connectivity index (χ4n) is 2.03. The van der Waals surface area contributed by atoms with E-state index in [4.69, 9.17) is 9.79 Å². The van der Waals surface area contributed by atoms with E-state index in [0.717, 1.165) is 0 Å². The monoisotopic (exact) mass is 408 g/mol. The van der Waals surface area contributed by atoms with E-state index >= 15 is 0 Å². The molecule has 0 heterocycles. The third kappa shape index (κ3) is 10.5. The molecule has 0 aliphatic rings. The van der Waals surface area contributed by atoms with E-state index in [9.17, 15) is 23.7 Å². The number of amides is 1. The Balaban J connectivity index is 5.04. The molecule has 0 unspecified atom stereocenters. The summed E-state index contributed by atoms with van der Waals surface area (Å²) >= 11 is 0. The zero-order valence-electron chi connectivity index (χ0n) is 16.2. The van der Waals surface area contributed by atoms with Gasteiger partial charge in [-0.2, -0.15) is 0 Å². The van der Waals surface area contributed by atoms with Crippen LogP contribution >= 0.6 is 7.82 Å². The molecule has 0 fully saturated rings. The number of hydrogen-bond donors (Lipinski definition) is 4. The van der Waals surface area contributed by atoms with E-state index in [2.05, 4.69) is 15.2 Å². The summed E-state index contributed by atoms with van der Waals surface area (Å²) in [6.45, 7) is 5.31. The van der Waals surface area contributed by atoms with Crippen LogP contribution in [-0.2, 0) is 28.3 Å². The molecule has 27 heavy (non-hydrogen) atoms. The fourth-order valence-corrected chi connectivity index (χ4v) is 2.40. The maximum absolute atomic E-state index is 12.4. The summed E-state index contributed by atoms with van der Waals surface area (Å²) in [6, 6.07) is -1.49. The number of likely N-dealkylation sites (N-methyl/N-ethyl adjacent to an activating group) is 1. The number of phosphoric acid groups is 1. The lowest BCUT2D eigenvalue weighted by Gasteiger charge is -2.21. The summed E-state index contributed by atoms with van der Waals surface area (Å²) in [5, 5.41) is 5.13. The smallest absolute Gasteiger partial charge is 0.346 e. The second-order valence-electron chi connectivity index (χ2n) is 6.58. The molecule has 0 saturated heterocycles. The van der Waals surface area contributed by atoms with Gasteiger partial charge >= 0.3 is 7.82 Å². The van der Waals surface area contributed by atoms with Gasteiger partial charge in [-0.15, -0.1) is 0 Å². The maximum Gasteiger partial charge on any atom is 0.469 e. The van der Waals surface area contributed by atoms with Crippen molar-refractivity contribution in [1.82, 2.24) is 10.6 Å². The Kier molecular flexibility index (Phi) is 10.8. The normalized spacial score (nSPS) is 16.1. The molecular formula is C16H29N2O8P. The molecule has 10 nitrogen and oxygen atoms in total. The molecule has 4 N–H and O–H groups in total. The molecule has 0 aromatic carbocycles. The second-order valence-corrected chi connectivity index (χ2v) is 7.82. The Morgan fingerprint density at radius 3 is 1.96 bits per heavy atom. The standard InChI is InChI=1S/C16H29N2O8P/c1-9(12(4)19)6-14(20)11(3)18-16(22)13(8-26-27(23,24)25)7-15(21)10(2)17-5/h9-11,13,17H,6-8H2,1-5H3,(H,18,22)(H2,23,24,25)/t9-,10+,11+,13+/m1/s1. The van der Waals surface area contributed by atoms with Gasteiger partial charge in [-0.05, 0) is 27.8 Å². The van der Waals surface area contributed by atoms with E-state index in [0.29, 0.717) is 0 Å². The molecule has 1 amide bonds. The van der Waals surface area contributed by atoms with Crippen LogP contribution in [0.5, 0.6) is 0 Å². The lowest BCUT2D eigenvalue weighted by atomic mass is 9.96. The highest BCUT2D eigenvalue weighted by atomic mass is 31.2. The molecular weight excluding hydrogens is 379 g/mol. The molecule has 0 radical (unpaired) electrons. The van der Waals surface area contributed by atoms with Crippen LogP contribution in [0.2, 0.25) is 0 Å². The highest BCUT2D eigenvalue weighted by Crippen LogP contribution is 2.36. The van der Waals surface area contributed by atoms with Gasteiger partial charge in [-0.3, -0.25) is 23.7 Å². The van der Waals surface area contributed by atoms with Crippen LogP contribution in [0.15, 0.2) is 0 Å². The average Bonchev–Trinajstić information content (AvgIpc) is 2.55. The first-order valence-corrected chi connectivity index (χ1v) is 10.0. The molecule has 0 rings (SSSR count). The largest absolute Gasteiger partial charge is 0.469 e. The van der Waals surface area contributed by atoms with Crippen molar-refractivity contribution in [2.45, 2.75) is 52.6 Å². The first-order chi connectivity index (χ1) is 12.3. The van der Waals surface area contributed by atoms with Crippen LogP contribution in [-0.4, -0.2) is 58.8 Å². The minimum atomic E-state index is -4.83. The van der Waals surface area contributed by atoms with Gasteiger partial charge < -0.3 is 20.4 Å². The molecule has 11 heteroatoms. The maximum atomic E-state index is 12.4. The fraction of sp³-hybridized carbons (Fsp3) is 0.750. The lowest BCUT2D eigenvalue weighted by molar-refractivity contribution is -0.134. The van der Waals surface area contributed by atoms with E-state index in [1.165, 1.54) is 13.8 Å². The number of ketones is 3. The zero-order valence-corrected chi connectivity index (χ0v) is 17.1. The van der Waals surface area contributed by atoms with E-state index in [1.807, 2.05) is 0 Å². The van der Waals surface area contributed by atoms with Crippen molar-refractivity contribution in [2.75, 3.05) is 13.7 Å². The molecule has 4 atom stereocenters. The molecule has 0 saturated carbocycles. The van der Waals surface area contributed by atoms with Crippen LogP contribution in [0.4, 0.5) is 0 Å². The molecule has 0 aromatic rings. The Hall–Kier alpha value is -1.45. The summed E-state index contributed by atoms with van der Waals surface area (Å²) in [5.74, 6) is -3.27. The van der Waals surface area contributed by atoms with Crippen LogP contribution in [0, 0.1) is 11.8 Å². The van der Waals surface area contributed by atoms with Crippen LogP contribution in [0.3, 0.4) is 0 Å². The number of carbonyl (C=O) groups is 4. The lowest BCUT2D eigenvalue weighted by Crippen LogP contribution is -2.45. The number of carbonyl (C=O) groups excluding carboxylic acids is 4. The zero-order chi connectivity index (χ0) is 21.4. The van der Waals surface area contributed by atoms with E-state index in [-0.39, 0.29) is 30.2 Å². The molecule has 0 aromatic heterocycles. The Morgan fingerprint density at radius 2 is 1.52 bits per heavy atom. The Morgan fingerprint density at radius 1 is 1.00 bits per heavy atom. The number of phosphoric ester groups is 1. The summed E-state index contributed by atoms with van der Waals surface area (Å²) in [5.41, 5.74) is 0. The quantitative estimate of drug-likeness (QED) is 0.307. The van der Waals surface area contributed by atoms with Crippen LogP contribution in [0.1, 0.15) is 40.5 Å². The third-order valence-electron chi connectivity index (χ3n) is 4.22. The first-order valence-electron chi connectivity index (χ1n) is 8.52. The van der Waals surface area contributed by atoms with Crippen molar-refractivity contribution >= 4 is 31.1 Å². The summed E-state index contributed by atoms with van der Waals surface area (Å²) in [7, 11) is -3.27. The van der Waals surface area contributed by atoms with Gasteiger partial charge in [-0.1, -0.05) is 6.92 Å². The topological polar surface area (TPSA) is 159 Å². The van der Waals surface area contributed by atoms with Crippen molar-refractivity contribution in [3.05, 3.63) is 0 Å². The van der Waals surface area contributed by atoms with Gasteiger partial charge in [0, 0.05) is 18.8 Å². The Labute approximate surface area is 158 Å². The molecule has 0 aliphatic heterocycles. The number of Topliss-reactive ketones (excluding diaryl/α,β-unsaturated/α-hetero) is 3. The van der Waals surface area contributed by atoms with Gasteiger partial charge in [-0.25, -0.2) is 4.57 Å². The number of rotatable bonds is 13. The van der Waals surface area contributed by atoms with Gasteiger partial charge in [0.25, 0.3) is 0 Å². The average molecular weight is 408 g/mol. The molecule has 0 spiro atoms. The van der Waals surface area contributed by atoms with Gasteiger partial charge in [0.15, 0.2) is 5.78 Å². The number of hydrogen-bond acceptors (Lipinski definition) is 7.